The standard InChI is InChI=1S/C29H32Si/c1-20-12-16-26(17-13-20)30(27-18-14-21(2)15-19-27)29(6)24(5)22(3)23(4)28(29)25-10-8-7-9-11-25/h7-19,30H,1-6H3. The van der Waals surface area contributed by atoms with Crippen molar-refractivity contribution in [3.63, 3.8) is 0 Å². The van der Waals surface area contributed by atoms with E-state index in [4.69, 9.17) is 0 Å². The van der Waals surface area contributed by atoms with Gasteiger partial charge >= 0.3 is 0 Å². The van der Waals surface area contributed by atoms with Crippen molar-refractivity contribution in [3.8, 4) is 0 Å². The first-order valence-electron chi connectivity index (χ1n) is 10.9. The SMILES string of the molecule is CC1=C(C)C(C)([SiH](c2ccc(C)cc2)c2ccc(C)cc2)C(c2ccccc2)=C1C. The third-order valence-corrected chi connectivity index (χ3v) is 11.2. The molecule has 0 radical (unpaired) electrons. The Morgan fingerprint density at radius 1 is 0.567 bits per heavy atom. The zero-order chi connectivity index (χ0) is 21.5. The summed E-state index contributed by atoms with van der Waals surface area (Å²) in [5.74, 6) is 0. The summed E-state index contributed by atoms with van der Waals surface area (Å²) in [6, 6.07) is 29.7. The van der Waals surface area contributed by atoms with Gasteiger partial charge in [-0.2, -0.15) is 0 Å². The van der Waals surface area contributed by atoms with E-state index in [-0.39, 0.29) is 5.04 Å². The number of hydrogen-bond acceptors (Lipinski definition) is 0. The molecule has 0 N–H and O–H groups in total. The number of benzene rings is 3. The average Bonchev–Trinajstić information content (AvgIpc) is 2.92. The van der Waals surface area contributed by atoms with Crippen LogP contribution < -0.4 is 10.4 Å². The molecule has 0 aromatic heterocycles. The molecule has 0 heterocycles. The minimum atomic E-state index is -1.64. The van der Waals surface area contributed by atoms with Crippen LogP contribution in [-0.2, 0) is 0 Å². The predicted molar refractivity (Wildman–Crippen MR) is 135 cm³/mol. The van der Waals surface area contributed by atoms with Crippen LogP contribution in [0.1, 0.15) is 44.4 Å². The van der Waals surface area contributed by atoms with Crippen LogP contribution in [0.15, 0.2) is 95.6 Å². The Morgan fingerprint density at radius 3 is 1.50 bits per heavy atom. The van der Waals surface area contributed by atoms with Crippen LogP contribution in [0, 0.1) is 13.8 Å². The van der Waals surface area contributed by atoms with Crippen LogP contribution in [0.3, 0.4) is 0 Å². The van der Waals surface area contributed by atoms with Gasteiger partial charge in [0.25, 0.3) is 0 Å². The quantitative estimate of drug-likeness (QED) is 0.449. The van der Waals surface area contributed by atoms with Crippen molar-refractivity contribution in [2.75, 3.05) is 0 Å². The fraction of sp³-hybridized carbons (Fsp3) is 0.241. The second-order valence-corrected chi connectivity index (χ2v) is 12.4. The number of rotatable bonds is 4. The third-order valence-electron chi connectivity index (χ3n) is 7.26. The van der Waals surface area contributed by atoms with E-state index in [0.29, 0.717) is 0 Å². The zero-order valence-corrected chi connectivity index (χ0v) is 20.2. The summed E-state index contributed by atoms with van der Waals surface area (Å²) >= 11 is 0. The molecule has 1 aliphatic carbocycles. The highest BCUT2D eigenvalue weighted by molar-refractivity contribution is 6.89. The second kappa shape index (κ2) is 7.89. The molecule has 1 atom stereocenters. The second-order valence-electron chi connectivity index (χ2n) is 9.07. The van der Waals surface area contributed by atoms with Crippen LogP contribution in [0.4, 0.5) is 0 Å². The molecule has 0 saturated carbocycles. The molecule has 1 unspecified atom stereocenters. The molecule has 0 nitrogen and oxygen atoms in total. The lowest BCUT2D eigenvalue weighted by Gasteiger charge is -2.39. The fourth-order valence-electron chi connectivity index (χ4n) is 5.29. The van der Waals surface area contributed by atoms with Crippen molar-refractivity contribution in [1.82, 2.24) is 0 Å². The van der Waals surface area contributed by atoms with E-state index in [1.54, 1.807) is 0 Å². The topological polar surface area (TPSA) is 0 Å². The van der Waals surface area contributed by atoms with E-state index in [1.165, 1.54) is 49.4 Å². The number of aryl methyl sites for hydroxylation is 2. The van der Waals surface area contributed by atoms with E-state index < -0.39 is 8.80 Å². The van der Waals surface area contributed by atoms with Gasteiger partial charge in [-0.25, -0.2) is 0 Å². The molecule has 3 aromatic rings. The Balaban J connectivity index is 2.00. The van der Waals surface area contributed by atoms with Crippen molar-refractivity contribution in [2.24, 2.45) is 0 Å². The Kier molecular flexibility index (Phi) is 5.42. The maximum absolute atomic E-state index is 2.52. The highest BCUT2D eigenvalue weighted by Crippen LogP contribution is 2.58. The molecular weight excluding hydrogens is 376 g/mol. The van der Waals surface area contributed by atoms with Gasteiger partial charge in [0.2, 0.25) is 0 Å². The highest BCUT2D eigenvalue weighted by Gasteiger charge is 2.47. The van der Waals surface area contributed by atoms with Gasteiger partial charge in [-0.3, -0.25) is 0 Å². The summed E-state index contributed by atoms with van der Waals surface area (Å²) in [4.78, 5) is 0. The molecule has 1 heteroatoms. The molecule has 1 aliphatic rings. The smallest absolute Gasteiger partial charge is 0.0626 e. The molecule has 152 valence electrons. The number of allylic oxidation sites excluding steroid dienone is 4. The Bertz CT molecular complexity index is 1070. The lowest BCUT2D eigenvalue weighted by molar-refractivity contribution is 0.902. The first-order chi connectivity index (χ1) is 14.3. The summed E-state index contributed by atoms with van der Waals surface area (Å²) < 4.78 is 0. The lowest BCUT2D eigenvalue weighted by Crippen LogP contribution is -2.51. The minimum absolute atomic E-state index is 0.0278. The highest BCUT2D eigenvalue weighted by atomic mass is 28.3. The Labute approximate surface area is 183 Å². The van der Waals surface area contributed by atoms with Gasteiger partial charge in [0.05, 0.1) is 0 Å². The lowest BCUT2D eigenvalue weighted by atomic mass is 9.90. The summed E-state index contributed by atoms with van der Waals surface area (Å²) in [7, 11) is -1.64. The Hall–Kier alpha value is -2.64. The molecule has 30 heavy (non-hydrogen) atoms. The van der Waals surface area contributed by atoms with Gasteiger partial charge in [0, 0.05) is 5.04 Å². The maximum Gasteiger partial charge on any atom is 0.117 e. The zero-order valence-electron chi connectivity index (χ0n) is 19.1. The molecule has 0 fully saturated rings. The monoisotopic (exact) mass is 408 g/mol. The predicted octanol–water partition coefficient (Wildman–Crippen LogP) is 6.23. The fourth-order valence-corrected chi connectivity index (χ4v) is 9.49. The van der Waals surface area contributed by atoms with Crippen molar-refractivity contribution in [1.29, 1.82) is 0 Å². The first kappa shape index (κ1) is 20.6. The largest absolute Gasteiger partial charge is 0.117 e. The molecule has 4 rings (SSSR count). The summed E-state index contributed by atoms with van der Waals surface area (Å²) in [5.41, 5.74) is 10.00. The molecule has 0 spiro atoms. The van der Waals surface area contributed by atoms with Crippen molar-refractivity contribution < 1.29 is 0 Å². The van der Waals surface area contributed by atoms with Gasteiger partial charge in [-0.05, 0) is 56.9 Å². The van der Waals surface area contributed by atoms with E-state index in [2.05, 4.69) is 120 Å². The normalized spacial score (nSPS) is 19.2. The molecule has 0 amide bonds. The minimum Gasteiger partial charge on any atom is -0.0626 e. The van der Waals surface area contributed by atoms with Gasteiger partial charge in [0.15, 0.2) is 0 Å². The molecule has 3 aromatic carbocycles. The van der Waals surface area contributed by atoms with Gasteiger partial charge in [-0.15, -0.1) is 0 Å². The van der Waals surface area contributed by atoms with Crippen molar-refractivity contribution >= 4 is 24.7 Å². The summed E-state index contributed by atoms with van der Waals surface area (Å²) in [6.07, 6.45) is 0. The van der Waals surface area contributed by atoms with E-state index in [1.807, 2.05) is 0 Å². The average molecular weight is 409 g/mol. The summed E-state index contributed by atoms with van der Waals surface area (Å²) in [5, 5.41) is 3.06. The molecule has 0 saturated heterocycles. The summed E-state index contributed by atoms with van der Waals surface area (Å²) in [6.45, 7) is 13.9. The van der Waals surface area contributed by atoms with Crippen molar-refractivity contribution in [3.05, 3.63) is 112 Å². The number of hydrogen-bond donors (Lipinski definition) is 0. The van der Waals surface area contributed by atoms with Crippen LogP contribution >= 0.6 is 0 Å². The van der Waals surface area contributed by atoms with Crippen LogP contribution in [0.2, 0.25) is 5.04 Å². The van der Waals surface area contributed by atoms with Gasteiger partial charge in [0.1, 0.15) is 8.80 Å². The maximum atomic E-state index is 2.52. The van der Waals surface area contributed by atoms with Crippen molar-refractivity contribution in [2.45, 2.75) is 46.6 Å². The first-order valence-corrected chi connectivity index (χ1v) is 12.7. The third kappa shape index (κ3) is 3.32. The van der Waals surface area contributed by atoms with Crippen LogP contribution in [0.25, 0.3) is 5.57 Å². The Morgan fingerprint density at radius 2 is 1.03 bits per heavy atom. The van der Waals surface area contributed by atoms with Crippen LogP contribution in [0.5, 0.6) is 0 Å². The van der Waals surface area contributed by atoms with E-state index >= 15 is 0 Å². The molecule has 0 aliphatic heterocycles. The molecule has 0 bridgehead atoms. The van der Waals surface area contributed by atoms with Gasteiger partial charge < -0.3 is 0 Å². The van der Waals surface area contributed by atoms with E-state index in [0.717, 1.165) is 0 Å². The van der Waals surface area contributed by atoms with E-state index in [9.17, 15) is 0 Å². The molecular formula is C29H32Si. The van der Waals surface area contributed by atoms with Gasteiger partial charge in [-0.1, -0.05) is 113 Å². The van der Waals surface area contributed by atoms with Crippen LogP contribution in [-0.4, -0.2) is 8.80 Å².